The van der Waals surface area contributed by atoms with E-state index in [1.165, 1.54) is 0 Å². The van der Waals surface area contributed by atoms with Gasteiger partial charge in [-0.15, -0.1) is 0 Å². The summed E-state index contributed by atoms with van der Waals surface area (Å²) in [5.74, 6) is -1.43. The summed E-state index contributed by atoms with van der Waals surface area (Å²) in [7, 11) is 0. The van der Waals surface area contributed by atoms with Crippen LogP contribution in [0.15, 0.2) is 23.8 Å². The zero-order chi connectivity index (χ0) is 23.5. The zero-order valence-corrected chi connectivity index (χ0v) is 20.1. The largest absolute Gasteiger partial charge is 0.463 e. The third kappa shape index (κ3) is 3.28. The maximum atomic E-state index is 13.3. The number of hydrogen-bond acceptors (Lipinski definition) is 6. The summed E-state index contributed by atoms with van der Waals surface area (Å²) in [4.78, 5) is 36.3. The van der Waals surface area contributed by atoms with Crippen molar-refractivity contribution in [1.29, 1.82) is 0 Å². The molecule has 7 atom stereocenters. The summed E-state index contributed by atoms with van der Waals surface area (Å²) < 4.78 is 11.1. The van der Waals surface area contributed by atoms with Gasteiger partial charge in [-0.25, -0.2) is 9.59 Å². The summed E-state index contributed by atoms with van der Waals surface area (Å²) in [6, 6.07) is 0. The van der Waals surface area contributed by atoms with Gasteiger partial charge in [0.25, 0.3) is 0 Å². The van der Waals surface area contributed by atoms with Crippen LogP contribution in [-0.4, -0.2) is 46.0 Å². The van der Waals surface area contributed by atoms with Gasteiger partial charge in [0.2, 0.25) is 10.4 Å². The molecule has 0 saturated heterocycles. The molecule has 0 aromatic carbocycles. The van der Waals surface area contributed by atoms with Crippen molar-refractivity contribution >= 4 is 40.9 Å². The van der Waals surface area contributed by atoms with Gasteiger partial charge >= 0.3 is 11.9 Å². The number of esters is 2. The Bertz CT molecular complexity index is 897. The molecule has 4 aliphatic carbocycles. The molecule has 32 heavy (non-hydrogen) atoms. The molecule has 176 valence electrons. The van der Waals surface area contributed by atoms with E-state index in [0.29, 0.717) is 19.3 Å². The Hall–Kier alpha value is -1.37. The van der Waals surface area contributed by atoms with Crippen LogP contribution in [0.2, 0.25) is 0 Å². The molecule has 0 spiro atoms. The van der Waals surface area contributed by atoms with Crippen LogP contribution in [0, 0.1) is 28.6 Å². The lowest BCUT2D eigenvalue weighted by Gasteiger charge is -2.59. The number of rotatable bonds is 4. The highest BCUT2D eigenvalue weighted by molar-refractivity contribution is 6.53. The van der Waals surface area contributed by atoms with E-state index in [1.54, 1.807) is 13.0 Å². The van der Waals surface area contributed by atoms with Gasteiger partial charge < -0.3 is 14.6 Å². The number of allylic oxidation sites excluding steroid dienone is 4. The van der Waals surface area contributed by atoms with Crippen LogP contribution in [0.1, 0.15) is 52.9 Å². The summed E-state index contributed by atoms with van der Waals surface area (Å²) in [5, 5.41) is 11.5. The van der Waals surface area contributed by atoms with Crippen LogP contribution in [0.4, 0.5) is 0 Å². The average Bonchev–Trinajstić information content (AvgIpc) is 3.01. The molecule has 3 unspecified atom stereocenters. The minimum absolute atomic E-state index is 0.0119. The first-order valence-corrected chi connectivity index (χ1v) is 12.2. The van der Waals surface area contributed by atoms with Gasteiger partial charge in [0.05, 0.1) is 12.7 Å². The Balaban J connectivity index is 1.76. The van der Waals surface area contributed by atoms with Crippen LogP contribution in [-0.2, 0) is 23.9 Å². The molecule has 2 fully saturated rings. The van der Waals surface area contributed by atoms with E-state index in [0.717, 1.165) is 5.57 Å². The van der Waals surface area contributed by atoms with Gasteiger partial charge in [0.1, 0.15) is 0 Å². The average molecular weight is 485 g/mol. The number of ether oxygens (including phenoxy) is 2. The first kappa shape index (κ1) is 23.8. The van der Waals surface area contributed by atoms with E-state index in [2.05, 4.69) is 13.0 Å². The Morgan fingerprint density at radius 2 is 2.03 bits per heavy atom. The van der Waals surface area contributed by atoms with Crippen molar-refractivity contribution in [3.8, 4) is 0 Å². The van der Waals surface area contributed by atoms with E-state index in [9.17, 15) is 19.5 Å². The normalized spacial score (nSPS) is 42.6. The number of halogens is 2. The Morgan fingerprint density at radius 1 is 1.31 bits per heavy atom. The Morgan fingerprint density at radius 3 is 2.69 bits per heavy atom. The minimum Gasteiger partial charge on any atom is -0.463 e. The minimum atomic E-state index is -1.55. The topological polar surface area (TPSA) is 89.9 Å². The quantitative estimate of drug-likeness (QED) is 0.369. The third-order valence-electron chi connectivity index (χ3n) is 8.63. The fourth-order valence-electron chi connectivity index (χ4n) is 7.23. The first-order valence-electron chi connectivity index (χ1n) is 11.3. The maximum Gasteiger partial charge on any atom is 0.351 e. The predicted molar refractivity (Wildman–Crippen MR) is 119 cm³/mol. The molecule has 0 aromatic rings. The number of aliphatic hydroxyl groups excluding tert-OH is 1. The number of carbonyl (C=O) groups excluding carboxylic acids is 3. The Kier molecular flexibility index (Phi) is 6.05. The molecule has 0 bridgehead atoms. The Labute approximate surface area is 198 Å². The van der Waals surface area contributed by atoms with Gasteiger partial charge in [-0.3, -0.25) is 4.79 Å². The fourth-order valence-corrected chi connectivity index (χ4v) is 7.32. The van der Waals surface area contributed by atoms with Crippen LogP contribution in [0.25, 0.3) is 0 Å². The molecule has 0 amide bonds. The number of hydrogen-bond donors (Lipinski definition) is 1. The maximum absolute atomic E-state index is 13.3. The molecule has 0 aliphatic heterocycles. The highest BCUT2D eigenvalue weighted by Gasteiger charge is 2.71. The molecular weight excluding hydrogens is 455 g/mol. The van der Waals surface area contributed by atoms with Crippen molar-refractivity contribution in [3.63, 3.8) is 0 Å². The van der Waals surface area contributed by atoms with E-state index in [-0.39, 0.29) is 43.0 Å². The first-order chi connectivity index (χ1) is 15.0. The monoisotopic (exact) mass is 484 g/mol. The van der Waals surface area contributed by atoms with Crippen molar-refractivity contribution in [1.82, 2.24) is 0 Å². The summed E-state index contributed by atoms with van der Waals surface area (Å²) in [5.41, 5.74) is -1.75. The molecule has 0 aromatic heterocycles. The number of aliphatic hydroxyl groups is 1. The van der Waals surface area contributed by atoms with E-state index in [4.69, 9.17) is 32.7 Å². The van der Waals surface area contributed by atoms with E-state index < -0.39 is 39.3 Å². The lowest BCUT2D eigenvalue weighted by Crippen LogP contribution is -2.62. The van der Waals surface area contributed by atoms with Crippen LogP contribution in [0.3, 0.4) is 0 Å². The standard InChI is InChI=1S/C24H30Cl2O6/c1-4-31-21(30)24(32-20(29)19(25)26)10-8-16-15-6-5-13-11-14(27)7-9-22(13,2)18(15)17(28)12-23(16,24)3/h5,7,9,15-19,28H,4,6,8,10-12H2,1-3H3/t15?,16?,17-,18?,22-,23-,24-/m0/s1. The zero-order valence-electron chi connectivity index (χ0n) is 18.6. The van der Waals surface area contributed by atoms with Crippen LogP contribution < -0.4 is 0 Å². The van der Waals surface area contributed by atoms with Gasteiger partial charge in [-0.05, 0) is 50.5 Å². The van der Waals surface area contributed by atoms with Crippen molar-refractivity contribution < 1.29 is 29.0 Å². The fraction of sp³-hybridized carbons (Fsp3) is 0.708. The van der Waals surface area contributed by atoms with Gasteiger partial charge in [-0.1, -0.05) is 54.8 Å². The lowest BCUT2D eigenvalue weighted by atomic mass is 9.47. The molecule has 1 N–H and O–H groups in total. The number of alkyl halides is 2. The van der Waals surface area contributed by atoms with Gasteiger partial charge in [-0.2, -0.15) is 0 Å². The van der Waals surface area contributed by atoms with E-state index in [1.807, 2.05) is 13.0 Å². The molecule has 4 rings (SSSR count). The molecule has 8 heteroatoms. The van der Waals surface area contributed by atoms with Crippen molar-refractivity contribution in [3.05, 3.63) is 23.8 Å². The smallest absolute Gasteiger partial charge is 0.351 e. The second kappa shape index (κ2) is 8.14. The molecular formula is C24H30Cl2O6. The molecule has 4 aliphatic rings. The van der Waals surface area contributed by atoms with Crippen molar-refractivity contribution in [2.45, 2.75) is 69.4 Å². The number of fused-ring (bicyclic) bond motifs is 5. The molecule has 6 nitrogen and oxygen atoms in total. The second-order valence-electron chi connectivity index (χ2n) is 10.0. The second-order valence-corrected chi connectivity index (χ2v) is 11.1. The third-order valence-corrected chi connectivity index (χ3v) is 8.99. The number of ketones is 1. The van der Waals surface area contributed by atoms with E-state index >= 15 is 0 Å². The van der Waals surface area contributed by atoms with Gasteiger partial charge in [0, 0.05) is 23.2 Å². The SMILES string of the molecule is CCOC(=O)[C@@]1(OC(=O)C(Cl)Cl)CCC2C3CC=C4CC(=O)C=C[C@]4(C)C3[C@@H](O)C[C@@]21C. The van der Waals surface area contributed by atoms with Crippen molar-refractivity contribution in [2.24, 2.45) is 28.6 Å². The van der Waals surface area contributed by atoms with Crippen LogP contribution in [0.5, 0.6) is 0 Å². The van der Waals surface area contributed by atoms with Crippen molar-refractivity contribution in [2.75, 3.05) is 6.61 Å². The summed E-state index contributed by atoms with van der Waals surface area (Å²) in [6.45, 7) is 5.84. The predicted octanol–water partition coefficient (Wildman–Crippen LogP) is 3.91. The van der Waals surface area contributed by atoms with Gasteiger partial charge in [0.15, 0.2) is 5.78 Å². The molecule has 2 saturated carbocycles. The highest BCUT2D eigenvalue weighted by Crippen LogP contribution is 2.67. The summed E-state index contributed by atoms with van der Waals surface area (Å²) >= 11 is 11.5. The summed E-state index contributed by atoms with van der Waals surface area (Å²) in [6.07, 6.45) is 7.23. The highest BCUT2D eigenvalue weighted by atomic mass is 35.5. The van der Waals surface area contributed by atoms with Crippen LogP contribution >= 0.6 is 23.2 Å². The number of carbonyl (C=O) groups is 3. The molecule has 0 heterocycles. The molecule has 0 radical (unpaired) electrons. The lowest BCUT2D eigenvalue weighted by molar-refractivity contribution is -0.211.